The van der Waals surface area contributed by atoms with Gasteiger partial charge in [-0.2, -0.15) is 0 Å². The van der Waals surface area contributed by atoms with Gasteiger partial charge in [-0.25, -0.2) is 4.79 Å². The zero-order chi connectivity index (χ0) is 30.7. The van der Waals surface area contributed by atoms with Crippen molar-refractivity contribution in [2.75, 3.05) is 39.5 Å². The van der Waals surface area contributed by atoms with Crippen molar-refractivity contribution < 1.29 is 79.3 Å². The van der Waals surface area contributed by atoms with E-state index in [1.807, 2.05) is 5.32 Å². The van der Waals surface area contributed by atoms with Crippen molar-refractivity contribution >= 4 is 17.9 Å². The molecule has 0 aromatic rings. The molecule has 2 aliphatic heterocycles. The van der Waals surface area contributed by atoms with Gasteiger partial charge in [0.15, 0.2) is 12.6 Å². The highest BCUT2D eigenvalue weighted by molar-refractivity contribution is 5.86. The number of nitrogens with one attached hydrogen (secondary N) is 3. The van der Waals surface area contributed by atoms with Crippen LogP contribution in [-0.4, -0.2) is 171 Å². The lowest BCUT2D eigenvalue weighted by Crippen LogP contribution is -2.59. The quantitative estimate of drug-likeness (QED) is 0.0776. The first kappa shape index (κ1) is 34.9. The molecule has 0 aromatic carbocycles. The molecule has 0 spiro atoms. The third-order valence-electron chi connectivity index (χ3n) is 6.36. The molecule has 0 bridgehead atoms. The molecule has 2 fully saturated rings. The topological polar surface area (TPSA) is 306 Å². The number of hydrogen-bond acceptors (Lipinski definition) is 15. The summed E-state index contributed by atoms with van der Waals surface area (Å²) >= 11 is 0. The van der Waals surface area contributed by atoms with E-state index in [1.54, 1.807) is 0 Å². The number of carboxylic acid groups (broad SMARTS) is 1. The zero-order valence-electron chi connectivity index (χ0n) is 21.9. The van der Waals surface area contributed by atoms with Crippen LogP contribution in [-0.2, 0) is 28.5 Å². The van der Waals surface area contributed by atoms with Gasteiger partial charge >= 0.3 is 6.09 Å². The predicted octanol–water partition coefficient (Wildman–Crippen LogP) is -6.73. The van der Waals surface area contributed by atoms with Crippen LogP contribution in [0.25, 0.3) is 0 Å². The van der Waals surface area contributed by atoms with Crippen LogP contribution in [0.3, 0.4) is 0 Å². The standard InChI is InChI=1S/C22H39N3O16/c26-7-10-13(29)15(31)17(33)20(40-10)38-5-3-23-12(28)2-1-9(25-22(36)37)19(35)24-4-6-39-21-18(34)16(32)14(30)11(8-27)41-21/h9-11,13-18,20-21,25-27,29-34H,1-8H2,(H,23,28)(H,24,35)(H,36,37)/t9?,10-,11-,13-,14-,15+,16+,17+,18+,20+,21+/m1/s1. The van der Waals surface area contributed by atoms with E-state index in [2.05, 4.69) is 10.6 Å². The van der Waals surface area contributed by atoms with Crippen molar-refractivity contribution in [1.29, 1.82) is 0 Å². The Morgan fingerprint density at radius 3 is 1.61 bits per heavy atom. The maximum absolute atomic E-state index is 12.4. The number of hydrogen-bond donors (Lipinski definition) is 12. The van der Waals surface area contributed by atoms with Gasteiger partial charge in [-0.3, -0.25) is 9.59 Å². The first-order valence-electron chi connectivity index (χ1n) is 12.8. The van der Waals surface area contributed by atoms with E-state index in [0.29, 0.717) is 0 Å². The van der Waals surface area contributed by atoms with Gasteiger partial charge in [0.2, 0.25) is 11.8 Å². The fraction of sp³-hybridized carbons (Fsp3) is 0.864. The van der Waals surface area contributed by atoms with Gasteiger partial charge in [-0.1, -0.05) is 0 Å². The molecule has 3 amide bonds. The number of rotatable bonds is 15. The number of carbonyl (C=O) groups excluding carboxylic acids is 2. The molecule has 11 atom stereocenters. The predicted molar refractivity (Wildman–Crippen MR) is 130 cm³/mol. The first-order chi connectivity index (χ1) is 19.4. The van der Waals surface area contributed by atoms with Crippen LogP contribution in [0.15, 0.2) is 0 Å². The highest BCUT2D eigenvalue weighted by Crippen LogP contribution is 2.22. The Kier molecular flexibility index (Phi) is 14.5. The number of ether oxygens (including phenoxy) is 4. The van der Waals surface area contributed by atoms with Crippen molar-refractivity contribution in [2.45, 2.75) is 80.3 Å². The Morgan fingerprint density at radius 2 is 1.17 bits per heavy atom. The molecule has 2 aliphatic rings. The molecule has 2 saturated heterocycles. The normalized spacial score (nSPS) is 34.4. The molecule has 0 aromatic heterocycles. The lowest BCUT2D eigenvalue weighted by molar-refractivity contribution is -0.300. The molecule has 19 heteroatoms. The van der Waals surface area contributed by atoms with Crippen molar-refractivity contribution in [3.63, 3.8) is 0 Å². The molecule has 2 rings (SSSR count). The van der Waals surface area contributed by atoms with Gasteiger partial charge < -0.3 is 80.9 Å². The average Bonchev–Trinajstić information content (AvgIpc) is 2.94. The summed E-state index contributed by atoms with van der Waals surface area (Å²) in [6, 6.07) is -1.32. The van der Waals surface area contributed by atoms with Crippen LogP contribution in [0.4, 0.5) is 4.79 Å². The molecular formula is C22H39N3O16. The highest BCUT2D eigenvalue weighted by Gasteiger charge is 2.45. The average molecular weight is 602 g/mol. The zero-order valence-corrected chi connectivity index (χ0v) is 21.9. The molecule has 12 N–H and O–H groups in total. The Bertz CT molecular complexity index is 835. The first-order valence-corrected chi connectivity index (χ1v) is 12.8. The fourth-order valence-corrected chi connectivity index (χ4v) is 4.03. The molecule has 19 nitrogen and oxygen atoms in total. The second-order valence-electron chi connectivity index (χ2n) is 9.32. The molecule has 0 aliphatic carbocycles. The van der Waals surface area contributed by atoms with E-state index in [0.717, 1.165) is 0 Å². The third kappa shape index (κ3) is 10.2. The smallest absolute Gasteiger partial charge is 0.405 e. The van der Waals surface area contributed by atoms with Crippen LogP contribution >= 0.6 is 0 Å². The van der Waals surface area contributed by atoms with Crippen molar-refractivity contribution in [3.05, 3.63) is 0 Å². The molecule has 238 valence electrons. The number of aliphatic hydroxyl groups excluding tert-OH is 8. The fourth-order valence-electron chi connectivity index (χ4n) is 4.03. The highest BCUT2D eigenvalue weighted by atomic mass is 16.7. The maximum atomic E-state index is 12.4. The lowest BCUT2D eigenvalue weighted by Gasteiger charge is -2.39. The Hall–Kier alpha value is -2.27. The monoisotopic (exact) mass is 601 g/mol. The molecule has 2 heterocycles. The number of amides is 3. The lowest BCUT2D eigenvalue weighted by atomic mass is 9.99. The van der Waals surface area contributed by atoms with Crippen LogP contribution < -0.4 is 16.0 Å². The van der Waals surface area contributed by atoms with Crippen LogP contribution in [0.5, 0.6) is 0 Å². The Morgan fingerprint density at radius 1 is 0.707 bits per heavy atom. The summed E-state index contributed by atoms with van der Waals surface area (Å²) in [7, 11) is 0. The second-order valence-corrected chi connectivity index (χ2v) is 9.32. The van der Waals surface area contributed by atoms with E-state index in [1.165, 1.54) is 0 Å². The van der Waals surface area contributed by atoms with E-state index in [-0.39, 0.29) is 39.1 Å². The molecule has 0 radical (unpaired) electrons. The summed E-state index contributed by atoms with van der Waals surface area (Å²) in [5.74, 6) is -1.36. The minimum absolute atomic E-state index is 0.0909. The summed E-state index contributed by atoms with van der Waals surface area (Å²) in [6.07, 6.45) is -16.8. The SMILES string of the molecule is O=C(O)NC(CCC(=O)NCCO[C@H]1O[C@H](CO)[C@@H](O)[C@H](O)[C@@H]1O)C(=O)NCCO[C@H]1O[C@H](CO)[C@@H](O)[C@H](O)[C@@H]1O. The van der Waals surface area contributed by atoms with Gasteiger partial charge in [0, 0.05) is 19.5 Å². The summed E-state index contributed by atoms with van der Waals surface area (Å²) in [4.78, 5) is 35.7. The summed E-state index contributed by atoms with van der Waals surface area (Å²) in [6.45, 7) is -2.02. The third-order valence-corrected chi connectivity index (χ3v) is 6.36. The Balaban J connectivity index is 1.71. The molecule has 0 saturated carbocycles. The molecule has 1 unspecified atom stereocenters. The summed E-state index contributed by atoms with van der Waals surface area (Å²) in [5, 5.41) is 93.1. The van der Waals surface area contributed by atoms with Crippen molar-refractivity contribution in [1.82, 2.24) is 16.0 Å². The van der Waals surface area contributed by atoms with Crippen molar-refractivity contribution in [3.8, 4) is 0 Å². The molecular weight excluding hydrogens is 562 g/mol. The van der Waals surface area contributed by atoms with E-state index in [9.17, 15) is 55.2 Å². The summed E-state index contributed by atoms with van der Waals surface area (Å²) in [5.41, 5.74) is 0. The summed E-state index contributed by atoms with van der Waals surface area (Å²) < 4.78 is 20.8. The van der Waals surface area contributed by atoms with Crippen LogP contribution in [0.2, 0.25) is 0 Å². The van der Waals surface area contributed by atoms with Gasteiger partial charge in [0.1, 0.15) is 54.9 Å². The van der Waals surface area contributed by atoms with Gasteiger partial charge in [0.05, 0.1) is 26.4 Å². The van der Waals surface area contributed by atoms with E-state index < -0.39 is 98.6 Å². The number of carbonyl (C=O) groups is 3. The maximum Gasteiger partial charge on any atom is 0.405 e. The molecule has 41 heavy (non-hydrogen) atoms. The van der Waals surface area contributed by atoms with Gasteiger partial charge in [-0.15, -0.1) is 0 Å². The van der Waals surface area contributed by atoms with Gasteiger partial charge in [-0.05, 0) is 6.42 Å². The van der Waals surface area contributed by atoms with Crippen LogP contribution in [0, 0.1) is 0 Å². The van der Waals surface area contributed by atoms with Crippen molar-refractivity contribution in [2.24, 2.45) is 0 Å². The van der Waals surface area contributed by atoms with Crippen LogP contribution in [0.1, 0.15) is 12.8 Å². The number of aliphatic hydroxyl groups is 8. The van der Waals surface area contributed by atoms with E-state index >= 15 is 0 Å². The van der Waals surface area contributed by atoms with E-state index in [4.69, 9.17) is 24.1 Å². The van der Waals surface area contributed by atoms with Gasteiger partial charge in [0.25, 0.3) is 0 Å². The Labute approximate surface area is 233 Å². The minimum atomic E-state index is -1.64. The minimum Gasteiger partial charge on any atom is -0.465 e. The largest absolute Gasteiger partial charge is 0.465 e. The second kappa shape index (κ2) is 17.0.